The minimum absolute atomic E-state index is 0.209. The van der Waals surface area contributed by atoms with Gasteiger partial charge in [0.2, 0.25) is 11.8 Å². The summed E-state index contributed by atoms with van der Waals surface area (Å²) < 4.78 is 0. The summed E-state index contributed by atoms with van der Waals surface area (Å²) >= 11 is 4.04. The van der Waals surface area contributed by atoms with Crippen molar-refractivity contribution >= 4 is 24.4 Å². The molecule has 0 saturated heterocycles. The van der Waals surface area contributed by atoms with E-state index in [2.05, 4.69) is 12.6 Å². The van der Waals surface area contributed by atoms with Crippen LogP contribution in [-0.2, 0) is 9.59 Å². The van der Waals surface area contributed by atoms with Gasteiger partial charge in [0.15, 0.2) is 0 Å². The molecule has 0 aromatic rings. The fraction of sp³-hybridized carbons (Fsp3) is 0.833. The Labute approximate surface area is 109 Å². The van der Waals surface area contributed by atoms with Crippen molar-refractivity contribution in [1.29, 1.82) is 0 Å². The molecule has 0 bridgehead atoms. The Hall–Kier alpha value is -0.550. The molecule has 0 unspecified atom stereocenters. The van der Waals surface area contributed by atoms with Crippen molar-refractivity contribution in [2.45, 2.75) is 46.1 Å². The van der Waals surface area contributed by atoms with Crippen LogP contribution in [0.5, 0.6) is 0 Å². The lowest BCUT2D eigenvalue weighted by Gasteiger charge is -2.25. The van der Waals surface area contributed by atoms with E-state index in [1.807, 2.05) is 6.92 Å². The maximum Gasteiger partial charge on any atom is 0.234 e. The number of nitrogens with zero attached hydrogens (tertiary/aromatic N) is 1. The van der Waals surface area contributed by atoms with Gasteiger partial charge in [-0.05, 0) is 6.42 Å². The average molecular weight is 261 g/mol. The summed E-state index contributed by atoms with van der Waals surface area (Å²) in [5.41, 5.74) is 0. The first-order valence-electron chi connectivity index (χ1n) is 6.12. The SMILES string of the molecule is CCC[C@H](O)[C@@H](C)C(=O)N(CCS)C(=O)CC. The Morgan fingerprint density at radius 3 is 2.35 bits per heavy atom. The zero-order valence-electron chi connectivity index (χ0n) is 10.8. The molecule has 2 amide bonds. The summed E-state index contributed by atoms with van der Waals surface area (Å²) in [6, 6.07) is 0. The topological polar surface area (TPSA) is 57.6 Å². The highest BCUT2D eigenvalue weighted by Gasteiger charge is 2.28. The summed E-state index contributed by atoms with van der Waals surface area (Å²) in [5, 5.41) is 9.78. The molecule has 100 valence electrons. The number of aliphatic hydroxyl groups excluding tert-OH is 1. The third kappa shape index (κ3) is 5.08. The second kappa shape index (κ2) is 8.53. The fourth-order valence-electron chi connectivity index (χ4n) is 1.60. The zero-order valence-corrected chi connectivity index (χ0v) is 11.7. The third-order valence-electron chi connectivity index (χ3n) is 2.74. The van der Waals surface area contributed by atoms with Gasteiger partial charge in [0, 0.05) is 18.7 Å². The van der Waals surface area contributed by atoms with Crippen LogP contribution in [0.15, 0.2) is 0 Å². The van der Waals surface area contributed by atoms with Crippen LogP contribution in [0.3, 0.4) is 0 Å². The number of rotatable bonds is 7. The molecule has 0 aliphatic heterocycles. The van der Waals surface area contributed by atoms with Crippen LogP contribution in [0.25, 0.3) is 0 Å². The normalized spacial score (nSPS) is 14.2. The molecule has 0 aromatic carbocycles. The maximum atomic E-state index is 12.1. The Kier molecular flexibility index (Phi) is 8.25. The molecular weight excluding hydrogens is 238 g/mol. The van der Waals surface area contributed by atoms with Gasteiger partial charge in [-0.3, -0.25) is 14.5 Å². The number of carbonyl (C=O) groups is 2. The van der Waals surface area contributed by atoms with Crippen LogP contribution >= 0.6 is 12.6 Å². The number of thiol groups is 1. The summed E-state index contributed by atoms with van der Waals surface area (Å²) in [4.78, 5) is 24.9. The highest BCUT2D eigenvalue weighted by atomic mass is 32.1. The van der Waals surface area contributed by atoms with Gasteiger partial charge in [-0.1, -0.05) is 27.2 Å². The summed E-state index contributed by atoms with van der Waals surface area (Å²) in [7, 11) is 0. The second-order valence-corrected chi connectivity index (χ2v) is 4.55. The van der Waals surface area contributed by atoms with Gasteiger partial charge >= 0.3 is 0 Å². The Morgan fingerprint density at radius 2 is 1.94 bits per heavy atom. The number of hydrogen-bond acceptors (Lipinski definition) is 4. The molecule has 0 aliphatic rings. The van der Waals surface area contributed by atoms with Crippen LogP contribution in [0.1, 0.15) is 40.0 Å². The van der Waals surface area contributed by atoms with Gasteiger partial charge in [0.25, 0.3) is 0 Å². The van der Waals surface area contributed by atoms with Crippen LogP contribution in [0.2, 0.25) is 0 Å². The molecule has 0 spiro atoms. The largest absolute Gasteiger partial charge is 0.392 e. The van der Waals surface area contributed by atoms with Gasteiger partial charge in [-0.2, -0.15) is 12.6 Å². The van der Waals surface area contributed by atoms with Crippen LogP contribution in [-0.4, -0.2) is 40.2 Å². The van der Waals surface area contributed by atoms with E-state index in [4.69, 9.17) is 0 Å². The minimum Gasteiger partial charge on any atom is -0.392 e. The molecule has 0 fully saturated rings. The summed E-state index contributed by atoms with van der Waals surface area (Å²) in [6.45, 7) is 5.63. The van der Waals surface area contributed by atoms with E-state index < -0.39 is 12.0 Å². The van der Waals surface area contributed by atoms with Crippen LogP contribution in [0, 0.1) is 5.92 Å². The van der Waals surface area contributed by atoms with E-state index in [1.54, 1.807) is 13.8 Å². The number of aliphatic hydroxyl groups is 1. The Morgan fingerprint density at radius 1 is 1.35 bits per heavy atom. The third-order valence-corrected chi connectivity index (χ3v) is 2.94. The Balaban J connectivity index is 4.65. The standard InChI is InChI=1S/C12H23NO3S/c1-4-6-10(14)9(3)12(16)13(7-8-17)11(15)5-2/h9-10,14,17H,4-8H2,1-3H3/t9-,10+/m1/s1. The maximum absolute atomic E-state index is 12.1. The quantitative estimate of drug-likeness (QED) is 0.683. The molecule has 17 heavy (non-hydrogen) atoms. The second-order valence-electron chi connectivity index (χ2n) is 4.11. The Bertz CT molecular complexity index is 258. The van der Waals surface area contributed by atoms with E-state index in [9.17, 15) is 14.7 Å². The van der Waals surface area contributed by atoms with Crippen LogP contribution < -0.4 is 0 Å². The lowest BCUT2D eigenvalue weighted by molar-refractivity contribution is -0.148. The summed E-state index contributed by atoms with van der Waals surface area (Å²) in [6.07, 6.45) is 0.991. The molecule has 0 rings (SSSR count). The molecule has 2 atom stereocenters. The van der Waals surface area contributed by atoms with E-state index in [1.165, 1.54) is 4.90 Å². The van der Waals surface area contributed by atoms with Gasteiger partial charge in [0.05, 0.1) is 12.0 Å². The summed E-state index contributed by atoms with van der Waals surface area (Å²) in [5.74, 6) is -0.606. The van der Waals surface area contributed by atoms with Gasteiger partial charge < -0.3 is 5.11 Å². The number of carbonyl (C=O) groups excluding carboxylic acids is 2. The van der Waals surface area contributed by atoms with E-state index in [0.717, 1.165) is 6.42 Å². The van der Waals surface area contributed by atoms with E-state index in [0.29, 0.717) is 18.7 Å². The van der Waals surface area contributed by atoms with Gasteiger partial charge in [-0.15, -0.1) is 0 Å². The fourth-order valence-corrected chi connectivity index (χ4v) is 1.80. The first-order chi connectivity index (χ1) is 7.99. The predicted octanol–water partition coefficient (Wildman–Crippen LogP) is 1.48. The van der Waals surface area contributed by atoms with Gasteiger partial charge in [-0.25, -0.2) is 0 Å². The highest BCUT2D eigenvalue weighted by Crippen LogP contribution is 2.13. The highest BCUT2D eigenvalue weighted by molar-refractivity contribution is 7.80. The molecule has 0 saturated carbocycles. The first kappa shape index (κ1) is 16.4. The lowest BCUT2D eigenvalue weighted by Crippen LogP contribution is -2.44. The zero-order chi connectivity index (χ0) is 13.4. The number of imide groups is 1. The van der Waals surface area contributed by atoms with Crippen molar-refractivity contribution in [3.63, 3.8) is 0 Å². The molecule has 5 heteroatoms. The molecule has 4 nitrogen and oxygen atoms in total. The van der Waals surface area contributed by atoms with Crippen molar-refractivity contribution in [2.75, 3.05) is 12.3 Å². The molecule has 0 aliphatic carbocycles. The van der Waals surface area contributed by atoms with E-state index >= 15 is 0 Å². The molecule has 0 heterocycles. The molecule has 0 radical (unpaired) electrons. The monoisotopic (exact) mass is 261 g/mol. The van der Waals surface area contributed by atoms with E-state index in [-0.39, 0.29) is 18.2 Å². The lowest BCUT2D eigenvalue weighted by atomic mass is 9.99. The molecule has 0 aromatic heterocycles. The van der Waals surface area contributed by atoms with Crippen molar-refractivity contribution < 1.29 is 14.7 Å². The van der Waals surface area contributed by atoms with Crippen molar-refractivity contribution in [2.24, 2.45) is 5.92 Å². The predicted molar refractivity (Wildman–Crippen MR) is 70.9 cm³/mol. The molecule has 1 N–H and O–H groups in total. The molecular formula is C12H23NO3S. The average Bonchev–Trinajstić information content (AvgIpc) is 2.33. The van der Waals surface area contributed by atoms with Crippen molar-refractivity contribution in [3.05, 3.63) is 0 Å². The first-order valence-corrected chi connectivity index (χ1v) is 6.75. The van der Waals surface area contributed by atoms with Crippen molar-refractivity contribution in [1.82, 2.24) is 4.90 Å². The number of amides is 2. The smallest absolute Gasteiger partial charge is 0.234 e. The number of hydrogen-bond donors (Lipinski definition) is 2. The van der Waals surface area contributed by atoms with Crippen LogP contribution in [0.4, 0.5) is 0 Å². The minimum atomic E-state index is -0.681. The van der Waals surface area contributed by atoms with Crippen molar-refractivity contribution in [3.8, 4) is 0 Å². The van der Waals surface area contributed by atoms with Gasteiger partial charge in [0.1, 0.15) is 0 Å².